The van der Waals surface area contributed by atoms with Crippen molar-refractivity contribution >= 4 is 39.5 Å². The van der Waals surface area contributed by atoms with Crippen molar-refractivity contribution < 1.29 is 80.2 Å². The molecule has 592 valence electrons. The number of ether oxygens (including phenoxy) is 4. The number of carbonyl (C=O) groups is 4. The lowest BCUT2D eigenvalue weighted by Gasteiger charge is -2.21. The molecule has 0 rings (SSSR count). The number of carbonyl (C=O) groups excluding carboxylic acids is 4. The summed E-state index contributed by atoms with van der Waals surface area (Å²) in [6.07, 6.45) is 68.9. The van der Waals surface area contributed by atoms with Gasteiger partial charge in [-0.05, 0) is 51.4 Å². The van der Waals surface area contributed by atoms with E-state index in [1.54, 1.807) is 0 Å². The average Bonchev–Trinajstić information content (AvgIpc) is 1.10. The standard InChI is InChI=1S/C81H156O17P2/c1-5-9-13-17-21-25-29-33-36-37-40-42-46-50-54-58-62-66-79(84)92-72-77(98-81(86)68-64-60-56-52-48-44-39-35-31-27-23-19-15-11-7-3)74-96-100(89,90)94-70-75(82)69-93-99(87,88)95-73-76(71-91-78(83)65-61-57-53-49-45-41-32-28-24-20-16-12-8-4)97-80(85)67-63-59-55-51-47-43-38-34-30-26-22-18-14-10-6-2/h34,38,75-77,82H,5-33,35-37,39-74H2,1-4H3,(H,87,88)(H,89,90)/b38-34-/t75-,76-,77-/m1/s1. The maximum atomic E-state index is 13.1. The summed E-state index contributed by atoms with van der Waals surface area (Å²) in [5.74, 6) is -2.12. The monoisotopic (exact) mass is 1460 g/mol. The van der Waals surface area contributed by atoms with E-state index in [1.807, 2.05) is 0 Å². The van der Waals surface area contributed by atoms with Gasteiger partial charge in [-0.25, -0.2) is 9.13 Å². The van der Waals surface area contributed by atoms with Gasteiger partial charge in [0, 0.05) is 25.7 Å². The summed E-state index contributed by atoms with van der Waals surface area (Å²) in [5, 5.41) is 10.6. The summed E-state index contributed by atoms with van der Waals surface area (Å²) >= 11 is 0. The molecular weight excluding hydrogens is 1310 g/mol. The zero-order chi connectivity index (χ0) is 73.2. The van der Waals surface area contributed by atoms with E-state index in [-0.39, 0.29) is 25.7 Å². The van der Waals surface area contributed by atoms with Gasteiger partial charge in [-0.2, -0.15) is 0 Å². The zero-order valence-electron chi connectivity index (χ0n) is 64.9. The minimum absolute atomic E-state index is 0.0952. The SMILES string of the molecule is CCCCCCCC/C=C\CCCCCCCC(=O)O[C@H](COC(=O)CCCCCCCCCCCCCCC)COP(=O)(O)OC[C@@H](O)COP(=O)(O)OC[C@@H](COC(=O)CCCCCCCCCCCCCCCCCCC)OC(=O)CCCCCCCCCCCCCCCCC. The number of phosphoric acid groups is 2. The maximum absolute atomic E-state index is 13.1. The first kappa shape index (κ1) is 97.8. The minimum Gasteiger partial charge on any atom is -0.462 e. The van der Waals surface area contributed by atoms with Gasteiger partial charge in [0.2, 0.25) is 0 Å². The van der Waals surface area contributed by atoms with Crippen LogP contribution in [0.3, 0.4) is 0 Å². The molecule has 5 atom stereocenters. The van der Waals surface area contributed by atoms with Gasteiger partial charge < -0.3 is 33.8 Å². The highest BCUT2D eigenvalue weighted by atomic mass is 31.2. The molecule has 0 aliphatic carbocycles. The van der Waals surface area contributed by atoms with Crippen molar-refractivity contribution in [3.63, 3.8) is 0 Å². The summed E-state index contributed by atoms with van der Waals surface area (Å²) in [5.41, 5.74) is 0. The Kier molecular flexibility index (Phi) is 73.4. The predicted octanol–water partition coefficient (Wildman–Crippen LogP) is 24.3. The number of allylic oxidation sites excluding steroid dienone is 2. The number of aliphatic hydroxyl groups excluding tert-OH is 1. The van der Waals surface area contributed by atoms with Crippen LogP contribution in [-0.4, -0.2) is 96.7 Å². The number of aliphatic hydroxyl groups is 1. The molecule has 19 heteroatoms. The number of rotatable bonds is 81. The van der Waals surface area contributed by atoms with Gasteiger partial charge in [0.1, 0.15) is 19.3 Å². The average molecular weight is 1460 g/mol. The van der Waals surface area contributed by atoms with Crippen LogP contribution in [0.5, 0.6) is 0 Å². The summed E-state index contributed by atoms with van der Waals surface area (Å²) in [4.78, 5) is 73.1. The van der Waals surface area contributed by atoms with Crippen LogP contribution in [-0.2, 0) is 65.4 Å². The Morgan fingerprint density at radius 1 is 0.270 bits per heavy atom. The second-order valence-electron chi connectivity index (χ2n) is 28.8. The van der Waals surface area contributed by atoms with Crippen LogP contribution >= 0.6 is 15.6 Å². The lowest BCUT2D eigenvalue weighted by atomic mass is 10.0. The Hall–Kier alpha value is -2.20. The summed E-state index contributed by atoms with van der Waals surface area (Å²) < 4.78 is 68.7. The molecule has 2 unspecified atom stereocenters. The molecular formula is C81H156O17P2. The van der Waals surface area contributed by atoms with Crippen LogP contribution < -0.4 is 0 Å². The molecule has 3 N–H and O–H groups in total. The topological polar surface area (TPSA) is 237 Å². The molecule has 0 heterocycles. The number of hydrogen-bond donors (Lipinski definition) is 3. The molecule has 0 aromatic rings. The van der Waals surface area contributed by atoms with Crippen LogP contribution in [0.1, 0.15) is 426 Å². The van der Waals surface area contributed by atoms with E-state index in [9.17, 15) is 43.2 Å². The fraction of sp³-hybridized carbons (Fsp3) is 0.926. The molecule has 100 heavy (non-hydrogen) atoms. The van der Waals surface area contributed by atoms with Gasteiger partial charge in [0.05, 0.1) is 26.4 Å². The van der Waals surface area contributed by atoms with E-state index in [0.29, 0.717) is 25.7 Å². The smallest absolute Gasteiger partial charge is 0.462 e. The first-order valence-corrected chi connectivity index (χ1v) is 44.9. The van der Waals surface area contributed by atoms with Gasteiger partial charge in [-0.1, -0.05) is 361 Å². The van der Waals surface area contributed by atoms with E-state index >= 15 is 0 Å². The third kappa shape index (κ3) is 74.1. The van der Waals surface area contributed by atoms with Crippen LogP contribution in [0.15, 0.2) is 12.2 Å². The number of esters is 4. The predicted molar refractivity (Wildman–Crippen MR) is 409 cm³/mol. The molecule has 0 saturated carbocycles. The normalized spacial score (nSPS) is 13.9. The Labute approximate surface area is 612 Å². The third-order valence-corrected chi connectivity index (χ3v) is 20.7. The first-order valence-electron chi connectivity index (χ1n) is 41.9. The van der Waals surface area contributed by atoms with Gasteiger partial charge in [-0.15, -0.1) is 0 Å². The van der Waals surface area contributed by atoms with Gasteiger partial charge in [0.25, 0.3) is 0 Å². The summed E-state index contributed by atoms with van der Waals surface area (Å²) in [6.45, 7) is 5.01. The van der Waals surface area contributed by atoms with Crippen molar-refractivity contribution in [3.8, 4) is 0 Å². The maximum Gasteiger partial charge on any atom is 0.472 e. The van der Waals surface area contributed by atoms with E-state index in [0.717, 1.165) is 103 Å². The Morgan fingerprint density at radius 3 is 0.690 bits per heavy atom. The first-order chi connectivity index (χ1) is 48.7. The van der Waals surface area contributed by atoms with Crippen molar-refractivity contribution in [2.24, 2.45) is 0 Å². The Balaban J connectivity index is 5.28. The highest BCUT2D eigenvalue weighted by Gasteiger charge is 2.30. The van der Waals surface area contributed by atoms with E-state index < -0.39 is 97.5 Å². The van der Waals surface area contributed by atoms with Gasteiger partial charge in [0.15, 0.2) is 12.2 Å². The lowest BCUT2D eigenvalue weighted by Crippen LogP contribution is -2.30. The number of hydrogen-bond acceptors (Lipinski definition) is 15. The van der Waals surface area contributed by atoms with Crippen LogP contribution in [0.4, 0.5) is 0 Å². The highest BCUT2D eigenvalue weighted by Crippen LogP contribution is 2.45. The fourth-order valence-electron chi connectivity index (χ4n) is 12.3. The molecule has 0 aromatic carbocycles. The lowest BCUT2D eigenvalue weighted by molar-refractivity contribution is -0.161. The highest BCUT2D eigenvalue weighted by molar-refractivity contribution is 7.47. The largest absolute Gasteiger partial charge is 0.472 e. The second-order valence-corrected chi connectivity index (χ2v) is 31.7. The third-order valence-electron chi connectivity index (χ3n) is 18.8. The van der Waals surface area contributed by atoms with Crippen molar-refractivity contribution in [2.75, 3.05) is 39.6 Å². The van der Waals surface area contributed by atoms with Crippen LogP contribution in [0.25, 0.3) is 0 Å². The molecule has 0 spiro atoms. The van der Waals surface area contributed by atoms with Crippen molar-refractivity contribution in [1.82, 2.24) is 0 Å². The van der Waals surface area contributed by atoms with E-state index in [2.05, 4.69) is 39.8 Å². The molecule has 0 saturated heterocycles. The quantitative estimate of drug-likeness (QED) is 0.0169. The fourth-order valence-corrected chi connectivity index (χ4v) is 13.9. The molecule has 0 bridgehead atoms. The zero-order valence-corrected chi connectivity index (χ0v) is 66.7. The summed E-state index contributed by atoms with van der Waals surface area (Å²) in [7, 11) is -9.93. The van der Waals surface area contributed by atoms with Gasteiger partial charge >= 0.3 is 39.5 Å². The van der Waals surface area contributed by atoms with Crippen molar-refractivity contribution in [1.29, 1.82) is 0 Å². The molecule has 0 aliphatic rings. The molecule has 0 fully saturated rings. The van der Waals surface area contributed by atoms with Crippen LogP contribution in [0.2, 0.25) is 0 Å². The molecule has 0 aliphatic heterocycles. The van der Waals surface area contributed by atoms with Crippen molar-refractivity contribution in [3.05, 3.63) is 12.2 Å². The molecule has 0 amide bonds. The van der Waals surface area contributed by atoms with E-state index in [4.69, 9.17) is 37.0 Å². The van der Waals surface area contributed by atoms with Crippen LogP contribution in [0, 0.1) is 0 Å². The number of phosphoric ester groups is 2. The van der Waals surface area contributed by atoms with Crippen molar-refractivity contribution in [2.45, 2.75) is 444 Å². The van der Waals surface area contributed by atoms with Gasteiger partial charge in [-0.3, -0.25) is 37.3 Å². The Morgan fingerprint density at radius 2 is 0.460 bits per heavy atom. The minimum atomic E-state index is -4.96. The number of unbranched alkanes of at least 4 members (excludes halogenated alkanes) is 53. The second kappa shape index (κ2) is 75.0. The molecule has 0 aromatic heterocycles. The summed E-state index contributed by atoms with van der Waals surface area (Å²) in [6, 6.07) is 0. The Bertz CT molecular complexity index is 1940. The molecule has 17 nitrogen and oxygen atoms in total. The van der Waals surface area contributed by atoms with E-state index in [1.165, 1.54) is 244 Å². The molecule has 0 radical (unpaired) electrons.